The lowest BCUT2D eigenvalue weighted by atomic mass is 10.1. The van der Waals surface area contributed by atoms with Crippen molar-refractivity contribution in [2.45, 2.75) is 31.8 Å². The molecule has 0 aliphatic carbocycles. The molecule has 1 aliphatic heterocycles. The molecule has 1 aromatic heterocycles. The Morgan fingerprint density at radius 2 is 2.44 bits per heavy atom. The standard InChI is InChI=1S/C11H17N3O2/c1-16-10-5-6-11(15)14(13-10)8-9-4-2-3-7-12-9/h5-6,9,12H,2-4,7-8H2,1H3. The van der Waals surface area contributed by atoms with Crippen LogP contribution in [0.25, 0.3) is 0 Å². The first-order valence-corrected chi connectivity index (χ1v) is 5.65. The van der Waals surface area contributed by atoms with Crippen molar-refractivity contribution in [3.05, 3.63) is 22.5 Å². The van der Waals surface area contributed by atoms with Crippen molar-refractivity contribution < 1.29 is 4.74 Å². The molecular weight excluding hydrogens is 206 g/mol. The maximum atomic E-state index is 11.6. The van der Waals surface area contributed by atoms with Crippen molar-refractivity contribution in [1.82, 2.24) is 15.1 Å². The summed E-state index contributed by atoms with van der Waals surface area (Å²) >= 11 is 0. The highest BCUT2D eigenvalue weighted by atomic mass is 16.5. The molecule has 2 heterocycles. The van der Waals surface area contributed by atoms with Gasteiger partial charge in [-0.05, 0) is 19.4 Å². The maximum Gasteiger partial charge on any atom is 0.267 e. The van der Waals surface area contributed by atoms with Gasteiger partial charge in [0.15, 0.2) is 0 Å². The molecule has 2 rings (SSSR count). The Hall–Kier alpha value is -1.36. The van der Waals surface area contributed by atoms with E-state index in [9.17, 15) is 4.79 Å². The van der Waals surface area contributed by atoms with Gasteiger partial charge >= 0.3 is 0 Å². The smallest absolute Gasteiger partial charge is 0.267 e. The van der Waals surface area contributed by atoms with E-state index < -0.39 is 0 Å². The van der Waals surface area contributed by atoms with Crippen LogP contribution in [0.5, 0.6) is 5.88 Å². The van der Waals surface area contributed by atoms with Crippen LogP contribution in [0.3, 0.4) is 0 Å². The van der Waals surface area contributed by atoms with E-state index in [-0.39, 0.29) is 5.56 Å². The third-order valence-corrected chi connectivity index (χ3v) is 2.86. The minimum Gasteiger partial charge on any atom is -0.480 e. The van der Waals surface area contributed by atoms with Gasteiger partial charge in [0.1, 0.15) is 0 Å². The monoisotopic (exact) mass is 223 g/mol. The average molecular weight is 223 g/mol. The van der Waals surface area contributed by atoms with Crippen molar-refractivity contribution in [2.24, 2.45) is 0 Å². The van der Waals surface area contributed by atoms with Gasteiger partial charge in [-0.15, -0.1) is 5.10 Å². The second kappa shape index (κ2) is 5.12. The lowest BCUT2D eigenvalue weighted by Crippen LogP contribution is -2.40. The molecule has 1 unspecified atom stereocenters. The summed E-state index contributed by atoms with van der Waals surface area (Å²) in [6.07, 6.45) is 3.54. The Bertz CT molecular complexity index is 396. The average Bonchev–Trinajstić information content (AvgIpc) is 2.33. The number of nitrogens with zero attached hydrogens (tertiary/aromatic N) is 2. The van der Waals surface area contributed by atoms with E-state index in [0.717, 1.165) is 13.0 Å². The zero-order chi connectivity index (χ0) is 11.4. The van der Waals surface area contributed by atoms with Gasteiger partial charge in [0.25, 0.3) is 5.56 Å². The molecule has 1 saturated heterocycles. The molecule has 0 bridgehead atoms. The molecule has 1 atom stereocenters. The molecule has 5 heteroatoms. The van der Waals surface area contributed by atoms with Gasteiger partial charge in [-0.3, -0.25) is 4.79 Å². The predicted molar refractivity (Wildman–Crippen MR) is 60.7 cm³/mol. The third kappa shape index (κ3) is 2.61. The topological polar surface area (TPSA) is 56.1 Å². The number of rotatable bonds is 3. The van der Waals surface area contributed by atoms with Gasteiger partial charge in [0, 0.05) is 18.2 Å². The fourth-order valence-electron chi connectivity index (χ4n) is 1.96. The number of ether oxygens (including phenoxy) is 1. The van der Waals surface area contributed by atoms with Crippen molar-refractivity contribution in [3.8, 4) is 5.88 Å². The van der Waals surface area contributed by atoms with Crippen LogP contribution >= 0.6 is 0 Å². The number of hydrogen-bond donors (Lipinski definition) is 1. The van der Waals surface area contributed by atoms with E-state index >= 15 is 0 Å². The SMILES string of the molecule is COc1ccc(=O)n(CC2CCCCN2)n1. The molecule has 1 fully saturated rings. The highest BCUT2D eigenvalue weighted by Gasteiger charge is 2.14. The highest BCUT2D eigenvalue weighted by Crippen LogP contribution is 2.08. The minimum absolute atomic E-state index is 0.0758. The molecular formula is C11H17N3O2. The summed E-state index contributed by atoms with van der Waals surface area (Å²) in [6, 6.07) is 3.44. The summed E-state index contributed by atoms with van der Waals surface area (Å²) in [5.74, 6) is 0.482. The quantitative estimate of drug-likeness (QED) is 0.805. The van der Waals surface area contributed by atoms with Gasteiger partial charge in [-0.2, -0.15) is 0 Å². The van der Waals surface area contributed by atoms with Gasteiger partial charge < -0.3 is 10.1 Å². The number of piperidine rings is 1. The maximum absolute atomic E-state index is 11.6. The predicted octanol–water partition coefficient (Wildman–Crippen LogP) is 0.394. The van der Waals surface area contributed by atoms with Crippen LogP contribution in [-0.2, 0) is 6.54 Å². The van der Waals surface area contributed by atoms with E-state index in [1.807, 2.05) is 0 Å². The van der Waals surface area contributed by atoms with Gasteiger partial charge in [-0.25, -0.2) is 4.68 Å². The number of nitrogens with one attached hydrogen (secondary N) is 1. The van der Waals surface area contributed by atoms with Crippen LogP contribution in [-0.4, -0.2) is 29.5 Å². The van der Waals surface area contributed by atoms with Crippen molar-refractivity contribution in [2.75, 3.05) is 13.7 Å². The van der Waals surface area contributed by atoms with E-state index in [4.69, 9.17) is 4.74 Å². The Labute approximate surface area is 94.4 Å². The zero-order valence-electron chi connectivity index (χ0n) is 9.48. The Morgan fingerprint density at radius 3 is 3.12 bits per heavy atom. The fraction of sp³-hybridized carbons (Fsp3) is 0.636. The van der Waals surface area contributed by atoms with E-state index in [0.29, 0.717) is 18.5 Å². The molecule has 1 aliphatic rings. The molecule has 0 spiro atoms. The third-order valence-electron chi connectivity index (χ3n) is 2.86. The Morgan fingerprint density at radius 1 is 1.56 bits per heavy atom. The van der Waals surface area contributed by atoms with Crippen LogP contribution < -0.4 is 15.6 Å². The summed E-state index contributed by atoms with van der Waals surface area (Å²) < 4.78 is 6.48. The zero-order valence-corrected chi connectivity index (χ0v) is 9.48. The van der Waals surface area contributed by atoms with E-state index in [2.05, 4.69) is 10.4 Å². The second-order valence-electron chi connectivity index (χ2n) is 4.04. The Kier molecular flexibility index (Phi) is 3.56. The molecule has 16 heavy (non-hydrogen) atoms. The minimum atomic E-state index is -0.0758. The van der Waals surface area contributed by atoms with Gasteiger partial charge in [0.05, 0.1) is 13.7 Å². The van der Waals surface area contributed by atoms with Crippen LogP contribution in [0, 0.1) is 0 Å². The lowest BCUT2D eigenvalue weighted by molar-refractivity contribution is 0.327. The molecule has 0 saturated carbocycles. The summed E-state index contributed by atoms with van der Waals surface area (Å²) in [7, 11) is 1.55. The summed E-state index contributed by atoms with van der Waals surface area (Å²) in [6.45, 7) is 1.65. The largest absolute Gasteiger partial charge is 0.480 e. The summed E-state index contributed by atoms with van der Waals surface area (Å²) in [4.78, 5) is 11.6. The van der Waals surface area contributed by atoms with Crippen LogP contribution in [0.1, 0.15) is 19.3 Å². The first-order chi connectivity index (χ1) is 7.79. The molecule has 0 aromatic carbocycles. The molecule has 0 radical (unpaired) electrons. The van der Waals surface area contributed by atoms with E-state index in [1.54, 1.807) is 13.2 Å². The first kappa shape index (κ1) is 11.1. The molecule has 0 amide bonds. The van der Waals surface area contributed by atoms with E-state index in [1.165, 1.54) is 23.6 Å². The molecule has 1 aromatic rings. The van der Waals surface area contributed by atoms with Crippen molar-refractivity contribution in [3.63, 3.8) is 0 Å². The van der Waals surface area contributed by atoms with Gasteiger partial charge in [-0.1, -0.05) is 6.42 Å². The van der Waals surface area contributed by atoms with Crippen molar-refractivity contribution >= 4 is 0 Å². The second-order valence-corrected chi connectivity index (χ2v) is 4.04. The molecule has 5 nitrogen and oxygen atoms in total. The lowest BCUT2D eigenvalue weighted by Gasteiger charge is -2.23. The number of methoxy groups -OCH3 is 1. The Balaban J connectivity index is 2.10. The molecule has 1 N–H and O–H groups in total. The number of aromatic nitrogens is 2. The van der Waals surface area contributed by atoms with Crippen molar-refractivity contribution in [1.29, 1.82) is 0 Å². The summed E-state index contributed by atoms with van der Waals surface area (Å²) in [5.41, 5.74) is -0.0758. The summed E-state index contributed by atoms with van der Waals surface area (Å²) in [5, 5.41) is 7.52. The fourth-order valence-corrected chi connectivity index (χ4v) is 1.96. The first-order valence-electron chi connectivity index (χ1n) is 5.65. The number of hydrogen-bond acceptors (Lipinski definition) is 4. The van der Waals surface area contributed by atoms with Gasteiger partial charge in [0.2, 0.25) is 5.88 Å². The van der Waals surface area contributed by atoms with Crippen LogP contribution in [0.4, 0.5) is 0 Å². The highest BCUT2D eigenvalue weighted by molar-refractivity contribution is 5.06. The molecule has 88 valence electrons. The van der Waals surface area contributed by atoms with Crippen LogP contribution in [0.15, 0.2) is 16.9 Å². The van der Waals surface area contributed by atoms with Crippen LogP contribution in [0.2, 0.25) is 0 Å². The normalized spacial score (nSPS) is 20.7.